The molecule has 6 nitrogen and oxygen atoms in total. The summed E-state index contributed by atoms with van der Waals surface area (Å²) in [5.41, 5.74) is 0. The maximum Gasteiger partial charge on any atom is 0.257 e. The van der Waals surface area contributed by atoms with Gasteiger partial charge in [-0.25, -0.2) is 13.1 Å². The molecule has 0 bridgehead atoms. The Hall–Kier alpha value is -1.31. The third-order valence-corrected chi connectivity index (χ3v) is 4.56. The minimum atomic E-state index is -3.54. The van der Waals surface area contributed by atoms with Crippen molar-refractivity contribution < 1.29 is 17.9 Å². The lowest BCUT2D eigenvalue weighted by Crippen LogP contribution is -2.26. The number of rotatable bonds is 6. The Morgan fingerprint density at radius 1 is 1.45 bits per heavy atom. The molecule has 1 aliphatic rings. The second-order valence-corrected chi connectivity index (χ2v) is 6.57. The van der Waals surface area contributed by atoms with Crippen LogP contribution in [0.1, 0.15) is 12.8 Å². The van der Waals surface area contributed by atoms with E-state index in [0.29, 0.717) is 0 Å². The predicted molar refractivity (Wildman–Crippen MR) is 74.4 cm³/mol. The second-order valence-electron chi connectivity index (χ2n) is 4.45. The molecule has 0 spiro atoms. The van der Waals surface area contributed by atoms with Crippen LogP contribution in [0, 0.1) is 0 Å². The van der Waals surface area contributed by atoms with Crippen LogP contribution in [0.3, 0.4) is 0 Å². The topological polar surface area (TPSA) is 84.5 Å². The number of benzene rings is 1. The number of nitrogens with one attached hydrogen (secondary N) is 2. The minimum absolute atomic E-state index is 0.0305. The average Bonchev–Trinajstić information content (AvgIpc) is 3.20. The van der Waals surface area contributed by atoms with Crippen LogP contribution in [-0.2, 0) is 14.8 Å². The summed E-state index contributed by atoms with van der Waals surface area (Å²) in [5, 5.41) is 2.55. The number of ether oxygens (including phenoxy) is 1. The van der Waals surface area contributed by atoms with Crippen molar-refractivity contribution >= 4 is 27.5 Å². The number of sulfonamides is 1. The molecule has 0 aromatic heterocycles. The summed E-state index contributed by atoms with van der Waals surface area (Å²) in [6.07, 6.45) is 1.72. The van der Waals surface area contributed by atoms with E-state index in [1.54, 1.807) is 0 Å². The van der Waals surface area contributed by atoms with Gasteiger partial charge in [-0.1, -0.05) is 11.6 Å². The number of carbonyl (C=O) groups is 1. The van der Waals surface area contributed by atoms with Crippen molar-refractivity contribution in [1.82, 2.24) is 10.0 Å². The maximum atomic E-state index is 12.0. The first-order valence-electron chi connectivity index (χ1n) is 6.07. The van der Waals surface area contributed by atoms with E-state index < -0.39 is 10.0 Å². The molecule has 1 aromatic rings. The van der Waals surface area contributed by atoms with E-state index in [1.807, 2.05) is 0 Å². The Kier molecular flexibility index (Phi) is 4.52. The van der Waals surface area contributed by atoms with Gasteiger partial charge in [-0.15, -0.1) is 0 Å². The van der Waals surface area contributed by atoms with Gasteiger partial charge in [-0.2, -0.15) is 0 Å². The molecule has 1 saturated carbocycles. The van der Waals surface area contributed by atoms with E-state index in [0.717, 1.165) is 12.8 Å². The Balaban J connectivity index is 2.10. The highest BCUT2D eigenvalue weighted by molar-refractivity contribution is 7.89. The van der Waals surface area contributed by atoms with Crippen LogP contribution in [0.2, 0.25) is 5.02 Å². The average molecular weight is 319 g/mol. The van der Waals surface area contributed by atoms with Gasteiger partial charge in [-0.3, -0.25) is 4.79 Å². The van der Waals surface area contributed by atoms with Gasteiger partial charge in [0.25, 0.3) is 5.91 Å². The lowest BCUT2D eigenvalue weighted by atomic mass is 10.3. The predicted octanol–water partition coefficient (Wildman–Crippen LogP) is 0.905. The minimum Gasteiger partial charge on any atom is -0.482 e. The Morgan fingerprint density at radius 3 is 2.70 bits per heavy atom. The van der Waals surface area contributed by atoms with E-state index in [-0.39, 0.29) is 34.2 Å². The first-order chi connectivity index (χ1) is 9.42. The highest BCUT2D eigenvalue weighted by atomic mass is 35.5. The van der Waals surface area contributed by atoms with Crippen LogP contribution in [0.15, 0.2) is 23.1 Å². The monoisotopic (exact) mass is 318 g/mol. The normalized spacial score (nSPS) is 14.9. The second kappa shape index (κ2) is 5.99. The van der Waals surface area contributed by atoms with Crippen molar-refractivity contribution in [2.45, 2.75) is 23.8 Å². The number of hydrogen-bond donors (Lipinski definition) is 2. The fourth-order valence-corrected chi connectivity index (χ4v) is 3.10. The molecule has 1 aromatic carbocycles. The van der Waals surface area contributed by atoms with Crippen LogP contribution in [0.5, 0.6) is 5.75 Å². The van der Waals surface area contributed by atoms with Crippen molar-refractivity contribution in [3.8, 4) is 5.75 Å². The van der Waals surface area contributed by atoms with Crippen molar-refractivity contribution in [3.63, 3.8) is 0 Å². The lowest BCUT2D eigenvalue weighted by molar-refractivity contribution is -0.122. The van der Waals surface area contributed by atoms with Gasteiger partial charge in [0.15, 0.2) is 6.61 Å². The molecule has 1 amide bonds. The van der Waals surface area contributed by atoms with Crippen molar-refractivity contribution in [2.24, 2.45) is 0 Å². The van der Waals surface area contributed by atoms with E-state index in [4.69, 9.17) is 16.3 Å². The van der Waals surface area contributed by atoms with Gasteiger partial charge < -0.3 is 10.1 Å². The molecule has 1 fully saturated rings. The quantitative estimate of drug-likeness (QED) is 0.816. The molecule has 2 rings (SSSR count). The molecule has 0 aliphatic heterocycles. The van der Waals surface area contributed by atoms with Crippen LogP contribution in [-0.4, -0.2) is 34.0 Å². The first-order valence-corrected chi connectivity index (χ1v) is 7.94. The first kappa shape index (κ1) is 15.1. The zero-order chi connectivity index (χ0) is 14.8. The van der Waals surface area contributed by atoms with E-state index >= 15 is 0 Å². The van der Waals surface area contributed by atoms with E-state index in [2.05, 4.69) is 10.0 Å². The van der Waals surface area contributed by atoms with Crippen LogP contribution < -0.4 is 14.8 Å². The van der Waals surface area contributed by atoms with Crippen molar-refractivity contribution in [3.05, 3.63) is 23.2 Å². The summed E-state index contributed by atoms with van der Waals surface area (Å²) in [7, 11) is -2.05. The molecule has 0 radical (unpaired) electrons. The van der Waals surface area contributed by atoms with Gasteiger partial charge in [0, 0.05) is 13.1 Å². The summed E-state index contributed by atoms with van der Waals surface area (Å²) in [6.45, 7) is -0.178. The summed E-state index contributed by atoms with van der Waals surface area (Å²) in [6, 6.07) is 4.18. The summed E-state index contributed by atoms with van der Waals surface area (Å²) >= 11 is 5.97. The Morgan fingerprint density at radius 2 is 2.15 bits per heavy atom. The van der Waals surface area contributed by atoms with Crippen LogP contribution in [0.4, 0.5) is 0 Å². The molecule has 20 heavy (non-hydrogen) atoms. The molecule has 110 valence electrons. The van der Waals surface area contributed by atoms with Gasteiger partial charge in [0.2, 0.25) is 10.0 Å². The van der Waals surface area contributed by atoms with E-state index in [1.165, 1.54) is 25.2 Å². The summed E-state index contributed by atoms with van der Waals surface area (Å²) in [5.74, 6) is -0.0335. The highest BCUT2D eigenvalue weighted by Crippen LogP contribution is 2.28. The SMILES string of the molecule is CNC(=O)COc1ccc(S(=O)(=O)NC2CC2)cc1Cl. The van der Waals surface area contributed by atoms with E-state index in [9.17, 15) is 13.2 Å². The van der Waals surface area contributed by atoms with Gasteiger partial charge in [0.05, 0.1) is 9.92 Å². The van der Waals surface area contributed by atoms with Crippen LogP contribution >= 0.6 is 11.6 Å². The number of halogens is 1. The smallest absolute Gasteiger partial charge is 0.257 e. The van der Waals surface area contributed by atoms with Gasteiger partial charge >= 0.3 is 0 Å². The standard InChI is InChI=1S/C12H15ClN2O4S/c1-14-12(16)7-19-11-5-4-9(6-10(11)13)20(17,18)15-8-2-3-8/h4-6,8,15H,2-3,7H2,1H3,(H,14,16). The summed E-state index contributed by atoms with van der Waals surface area (Å²) < 4.78 is 31.7. The Labute approximate surface area is 122 Å². The maximum absolute atomic E-state index is 12.0. The molecule has 1 aliphatic carbocycles. The molecule has 0 atom stereocenters. The van der Waals surface area contributed by atoms with Crippen molar-refractivity contribution in [1.29, 1.82) is 0 Å². The fraction of sp³-hybridized carbons (Fsp3) is 0.417. The van der Waals surface area contributed by atoms with Gasteiger partial charge in [-0.05, 0) is 31.0 Å². The highest BCUT2D eigenvalue weighted by Gasteiger charge is 2.28. The van der Waals surface area contributed by atoms with Gasteiger partial charge in [0.1, 0.15) is 5.75 Å². The fourth-order valence-electron chi connectivity index (χ4n) is 1.47. The molecule has 0 unspecified atom stereocenters. The zero-order valence-corrected chi connectivity index (χ0v) is 12.4. The number of carbonyl (C=O) groups excluding carboxylic acids is 1. The molecule has 0 heterocycles. The third kappa shape index (κ3) is 3.84. The zero-order valence-electron chi connectivity index (χ0n) is 10.8. The third-order valence-electron chi connectivity index (χ3n) is 2.75. The van der Waals surface area contributed by atoms with Crippen LogP contribution in [0.25, 0.3) is 0 Å². The number of hydrogen-bond acceptors (Lipinski definition) is 4. The molecule has 2 N–H and O–H groups in total. The molecular weight excluding hydrogens is 304 g/mol. The molecule has 8 heteroatoms. The lowest BCUT2D eigenvalue weighted by Gasteiger charge is -2.10. The summed E-state index contributed by atoms with van der Waals surface area (Å²) in [4.78, 5) is 11.2. The number of likely N-dealkylation sites (N-methyl/N-ethyl adjacent to an activating group) is 1. The molecular formula is C12H15ClN2O4S. The van der Waals surface area contributed by atoms with Crippen molar-refractivity contribution in [2.75, 3.05) is 13.7 Å². The number of amides is 1. The largest absolute Gasteiger partial charge is 0.482 e. The Bertz CT molecular complexity index is 614. The molecule has 0 saturated heterocycles.